The largest absolute Gasteiger partial charge is 0.384 e. The number of hydrogen-bond donors (Lipinski definition) is 2. The van der Waals surface area contributed by atoms with Gasteiger partial charge in [-0.25, -0.2) is 4.39 Å². The maximum atomic E-state index is 13.8. The monoisotopic (exact) mass is 263 g/mol. The molecule has 1 amide bonds. The van der Waals surface area contributed by atoms with Crippen molar-refractivity contribution in [3.8, 4) is 11.8 Å². The zero-order valence-electron chi connectivity index (χ0n) is 11.4. The number of nitrogens with one attached hydrogen (secondary N) is 1. The Morgan fingerprint density at radius 1 is 1.47 bits per heavy atom. The van der Waals surface area contributed by atoms with Crippen LogP contribution in [0, 0.1) is 17.7 Å². The first-order valence-electron chi connectivity index (χ1n) is 6.11. The third kappa shape index (κ3) is 4.38. The molecule has 0 radical (unpaired) electrons. The van der Waals surface area contributed by atoms with Crippen LogP contribution in [0.15, 0.2) is 18.2 Å². The van der Waals surface area contributed by atoms with Crippen LogP contribution in [0.5, 0.6) is 0 Å². The molecule has 0 saturated carbocycles. The molecule has 0 unspecified atom stereocenters. The first kappa shape index (κ1) is 15.2. The molecule has 1 aromatic rings. The highest BCUT2D eigenvalue weighted by Crippen LogP contribution is 2.13. The minimum Gasteiger partial charge on any atom is -0.384 e. The van der Waals surface area contributed by atoms with Crippen molar-refractivity contribution in [3.05, 3.63) is 35.1 Å². The number of rotatable bonds is 3. The van der Waals surface area contributed by atoms with Gasteiger partial charge in [-0.2, -0.15) is 0 Å². The fourth-order valence-corrected chi connectivity index (χ4v) is 1.38. The average molecular weight is 263 g/mol. The lowest BCUT2D eigenvalue weighted by Gasteiger charge is -2.24. The second-order valence-electron chi connectivity index (χ2n) is 4.85. The Kier molecular flexibility index (Phi) is 5.08. The molecule has 0 aliphatic rings. The summed E-state index contributed by atoms with van der Waals surface area (Å²) in [5.41, 5.74) is 0.0488. The lowest BCUT2D eigenvalue weighted by Crippen LogP contribution is -2.43. The molecule has 1 aromatic carbocycles. The van der Waals surface area contributed by atoms with Crippen LogP contribution in [-0.4, -0.2) is 23.2 Å². The van der Waals surface area contributed by atoms with E-state index in [0.29, 0.717) is 5.56 Å². The number of amides is 1. The number of hydrogen-bond acceptors (Lipinski definition) is 2. The third-order valence-corrected chi connectivity index (χ3v) is 2.86. The van der Waals surface area contributed by atoms with E-state index in [4.69, 9.17) is 5.11 Å². The van der Waals surface area contributed by atoms with Crippen molar-refractivity contribution in [2.75, 3.05) is 6.61 Å². The second-order valence-corrected chi connectivity index (χ2v) is 4.85. The second kappa shape index (κ2) is 6.35. The molecule has 0 fully saturated rings. The predicted molar refractivity (Wildman–Crippen MR) is 72.2 cm³/mol. The molecule has 1 rings (SSSR count). The summed E-state index contributed by atoms with van der Waals surface area (Å²) in [6.07, 6.45) is 0.750. The zero-order chi connectivity index (χ0) is 14.5. The number of halogens is 1. The lowest BCUT2D eigenvalue weighted by molar-refractivity contribution is 0.0907. The normalized spacial score (nSPS) is 10.6. The highest BCUT2D eigenvalue weighted by molar-refractivity contribution is 5.95. The van der Waals surface area contributed by atoms with Crippen LogP contribution >= 0.6 is 0 Å². The Bertz CT molecular complexity index is 527. The van der Waals surface area contributed by atoms with Crippen LogP contribution < -0.4 is 5.32 Å². The molecule has 102 valence electrons. The Morgan fingerprint density at radius 3 is 2.68 bits per heavy atom. The molecule has 0 heterocycles. The van der Waals surface area contributed by atoms with Crippen LogP contribution in [0.3, 0.4) is 0 Å². The van der Waals surface area contributed by atoms with Crippen molar-refractivity contribution < 1.29 is 14.3 Å². The van der Waals surface area contributed by atoms with Crippen LogP contribution in [-0.2, 0) is 0 Å². The topological polar surface area (TPSA) is 49.3 Å². The number of aliphatic hydroxyl groups excluding tert-OH is 1. The van der Waals surface area contributed by atoms with Gasteiger partial charge in [-0.3, -0.25) is 4.79 Å². The van der Waals surface area contributed by atoms with E-state index in [1.54, 1.807) is 6.07 Å². The summed E-state index contributed by atoms with van der Waals surface area (Å²) in [6, 6.07) is 4.15. The van der Waals surface area contributed by atoms with Crippen molar-refractivity contribution in [1.29, 1.82) is 0 Å². The first-order valence-corrected chi connectivity index (χ1v) is 6.11. The van der Waals surface area contributed by atoms with Crippen LogP contribution in [0.4, 0.5) is 4.39 Å². The van der Waals surface area contributed by atoms with Crippen molar-refractivity contribution in [1.82, 2.24) is 5.32 Å². The van der Waals surface area contributed by atoms with Gasteiger partial charge >= 0.3 is 0 Å². The van der Waals surface area contributed by atoms with Gasteiger partial charge in [0.15, 0.2) is 0 Å². The highest BCUT2D eigenvalue weighted by atomic mass is 19.1. The Morgan fingerprint density at radius 2 is 2.16 bits per heavy atom. The molecule has 0 saturated heterocycles. The Balaban J connectivity index is 2.94. The van der Waals surface area contributed by atoms with Gasteiger partial charge in [-0.05, 0) is 38.5 Å². The van der Waals surface area contributed by atoms with Crippen molar-refractivity contribution >= 4 is 5.91 Å². The van der Waals surface area contributed by atoms with Crippen molar-refractivity contribution in [3.63, 3.8) is 0 Å². The van der Waals surface area contributed by atoms with E-state index in [0.717, 1.165) is 6.42 Å². The summed E-state index contributed by atoms with van der Waals surface area (Å²) < 4.78 is 13.8. The van der Waals surface area contributed by atoms with Gasteiger partial charge in [-0.15, -0.1) is 0 Å². The van der Waals surface area contributed by atoms with Gasteiger partial charge in [0.2, 0.25) is 0 Å². The molecular formula is C15H18FNO2. The van der Waals surface area contributed by atoms with E-state index < -0.39 is 11.7 Å². The van der Waals surface area contributed by atoms with Crippen molar-refractivity contribution in [2.45, 2.75) is 32.7 Å². The fourth-order valence-electron chi connectivity index (χ4n) is 1.38. The van der Waals surface area contributed by atoms with Crippen molar-refractivity contribution in [2.24, 2.45) is 0 Å². The first-order chi connectivity index (χ1) is 8.89. The molecule has 0 aliphatic heterocycles. The number of carbonyl (C=O) groups is 1. The summed E-state index contributed by atoms with van der Waals surface area (Å²) >= 11 is 0. The smallest absolute Gasteiger partial charge is 0.254 e. The molecule has 0 atom stereocenters. The molecule has 2 N–H and O–H groups in total. The molecule has 0 aliphatic carbocycles. The van der Waals surface area contributed by atoms with E-state index in [-0.39, 0.29) is 17.7 Å². The number of aliphatic hydroxyl groups is 1. The van der Waals surface area contributed by atoms with E-state index in [1.165, 1.54) is 12.1 Å². The molecule has 3 nitrogen and oxygen atoms in total. The SMILES string of the molecule is CCC(C)(C)NC(=O)c1ccc(C#CCO)cc1F. The minimum atomic E-state index is -0.617. The summed E-state index contributed by atoms with van der Waals surface area (Å²) in [5.74, 6) is 3.96. The van der Waals surface area contributed by atoms with E-state index >= 15 is 0 Å². The molecule has 19 heavy (non-hydrogen) atoms. The maximum Gasteiger partial charge on any atom is 0.254 e. The standard InChI is InChI=1S/C15H18FNO2/c1-4-15(2,3)17-14(19)12-8-7-11(6-5-9-18)10-13(12)16/h7-8,10,18H,4,9H2,1-3H3,(H,17,19). The number of carbonyl (C=O) groups excluding carboxylic acids is 1. The molecule has 4 heteroatoms. The average Bonchev–Trinajstić information content (AvgIpc) is 2.35. The third-order valence-electron chi connectivity index (χ3n) is 2.86. The highest BCUT2D eigenvalue weighted by Gasteiger charge is 2.20. The summed E-state index contributed by atoms with van der Waals surface area (Å²) in [7, 11) is 0. The zero-order valence-corrected chi connectivity index (χ0v) is 11.4. The lowest BCUT2D eigenvalue weighted by atomic mass is 10.0. The van der Waals surface area contributed by atoms with E-state index in [9.17, 15) is 9.18 Å². The maximum absolute atomic E-state index is 13.8. The van der Waals surface area contributed by atoms with Gasteiger partial charge < -0.3 is 10.4 Å². The minimum absolute atomic E-state index is 0.00364. The summed E-state index contributed by atoms with van der Waals surface area (Å²) in [5, 5.41) is 11.3. The van der Waals surface area contributed by atoms with Crippen LogP contribution in [0.2, 0.25) is 0 Å². The molecule has 0 bridgehead atoms. The van der Waals surface area contributed by atoms with E-state index in [2.05, 4.69) is 17.2 Å². The summed E-state index contributed by atoms with van der Waals surface area (Å²) in [6.45, 7) is 5.42. The van der Waals surface area contributed by atoms with Crippen LogP contribution in [0.25, 0.3) is 0 Å². The van der Waals surface area contributed by atoms with Gasteiger partial charge in [0.1, 0.15) is 12.4 Å². The Labute approximate surface area is 112 Å². The predicted octanol–water partition coefficient (Wildman–Crippen LogP) is 2.09. The fraction of sp³-hybridized carbons (Fsp3) is 0.400. The summed E-state index contributed by atoms with van der Waals surface area (Å²) in [4.78, 5) is 11.9. The van der Waals surface area contributed by atoms with Crippen LogP contribution in [0.1, 0.15) is 43.1 Å². The molecular weight excluding hydrogens is 245 g/mol. The van der Waals surface area contributed by atoms with Gasteiger partial charge in [0, 0.05) is 11.1 Å². The molecule has 0 spiro atoms. The number of benzene rings is 1. The Hall–Kier alpha value is -1.86. The van der Waals surface area contributed by atoms with Gasteiger partial charge in [0.25, 0.3) is 5.91 Å². The van der Waals surface area contributed by atoms with E-state index in [1.807, 2.05) is 20.8 Å². The molecule has 0 aromatic heterocycles. The van der Waals surface area contributed by atoms with Gasteiger partial charge in [0.05, 0.1) is 5.56 Å². The quantitative estimate of drug-likeness (QED) is 0.820. The van der Waals surface area contributed by atoms with Gasteiger partial charge in [-0.1, -0.05) is 18.8 Å².